The predicted octanol–water partition coefficient (Wildman–Crippen LogP) is 5.59. The largest absolute Gasteiger partial charge is 0.422 e. The highest BCUT2D eigenvalue weighted by Crippen LogP contribution is 2.31. The van der Waals surface area contributed by atoms with E-state index < -0.39 is 11.6 Å². The molecule has 4 aromatic rings. The van der Waals surface area contributed by atoms with Gasteiger partial charge in [0.1, 0.15) is 11.6 Å². The number of halogens is 1. The second kappa shape index (κ2) is 8.71. The number of anilines is 3. The summed E-state index contributed by atoms with van der Waals surface area (Å²) in [6.45, 7) is 5.82. The van der Waals surface area contributed by atoms with Crippen molar-refractivity contribution < 1.29 is 9.53 Å². The minimum absolute atomic E-state index is 0.179. The van der Waals surface area contributed by atoms with Crippen LogP contribution in [0.4, 0.5) is 22.2 Å². The number of imidazole rings is 1. The standard InChI is InChI=1S/C24H25ClN6O2/c1-24(2,3)31(23(32)33-17-9-7-6-8-10-17)22-27-18-15-16(11-12-19(18)30(22)5)29(4)20-13-14-26-21(25)28-20/h6-15H,1-5H3. The van der Waals surface area contributed by atoms with E-state index in [0.29, 0.717) is 17.5 Å². The number of fused-ring (bicyclic) bond motifs is 1. The number of para-hydroxylation sites is 1. The zero-order valence-corrected chi connectivity index (χ0v) is 19.9. The van der Waals surface area contributed by atoms with Gasteiger partial charge in [-0.2, -0.15) is 0 Å². The molecule has 0 aliphatic rings. The Hall–Kier alpha value is -3.65. The SMILES string of the molecule is CN(c1ccc2c(c1)nc(N(C(=O)Oc1ccccc1)C(C)(C)C)n2C)c1ccnc(Cl)n1. The van der Waals surface area contributed by atoms with Gasteiger partial charge in [-0.25, -0.2) is 24.6 Å². The summed E-state index contributed by atoms with van der Waals surface area (Å²) in [6.07, 6.45) is 1.11. The number of carbonyl (C=O) groups excluding carboxylic acids is 1. The van der Waals surface area contributed by atoms with Crippen molar-refractivity contribution in [2.75, 3.05) is 16.8 Å². The fourth-order valence-electron chi connectivity index (χ4n) is 3.52. The van der Waals surface area contributed by atoms with E-state index in [2.05, 4.69) is 9.97 Å². The quantitative estimate of drug-likeness (QED) is 0.366. The van der Waals surface area contributed by atoms with Gasteiger partial charge < -0.3 is 14.2 Å². The molecule has 0 atom stereocenters. The molecule has 2 heterocycles. The number of carbonyl (C=O) groups is 1. The molecule has 170 valence electrons. The molecule has 0 spiro atoms. The van der Waals surface area contributed by atoms with Crippen LogP contribution in [-0.2, 0) is 7.05 Å². The Kier molecular flexibility index (Phi) is 5.95. The summed E-state index contributed by atoms with van der Waals surface area (Å²) in [7, 11) is 3.77. The summed E-state index contributed by atoms with van der Waals surface area (Å²) in [6, 6.07) is 16.7. The third-order valence-electron chi connectivity index (χ3n) is 5.18. The number of aromatic nitrogens is 4. The summed E-state index contributed by atoms with van der Waals surface area (Å²) < 4.78 is 7.53. The summed E-state index contributed by atoms with van der Waals surface area (Å²) in [4.78, 5) is 29.6. The molecule has 0 saturated carbocycles. The van der Waals surface area contributed by atoms with Crippen molar-refractivity contribution in [3.05, 3.63) is 66.1 Å². The maximum atomic E-state index is 13.2. The number of ether oxygens (including phenoxy) is 1. The fraction of sp³-hybridized carbons (Fsp3) is 0.250. The molecule has 0 aliphatic heterocycles. The minimum atomic E-state index is -0.571. The van der Waals surface area contributed by atoms with Crippen molar-refractivity contribution in [2.45, 2.75) is 26.3 Å². The molecule has 0 aliphatic carbocycles. The predicted molar refractivity (Wildman–Crippen MR) is 131 cm³/mol. The summed E-state index contributed by atoms with van der Waals surface area (Å²) in [5.74, 6) is 1.62. The molecular weight excluding hydrogens is 440 g/mol. The molecule has 9 heteroatoms. The maximum Gasteiger partial charge on any atom is 0.422 e. The van der Waals surface area contributed by atoms with E-state index in [9.17, 15) is 4.79 Å². The number of aryl methyl sites for hydroxylation is 1. The van der Waals surface area contributed by atoms with Crippen LogP contribution < -0.4 is 14.5 Å². The summed E-state index contributed by atoms with van der Waals surface area (Å²) in [5.41, 5.74) is 1.91. The van der Waals surface area contributed by atoms with E-state index in [-0.39, 0.29) is 5.28 Å². The van der Waals surface area contributed by atoms with Crippen LogP contribution in [0.3, 0.4) is 0 Å². The Morgan fingerprint density at radius 1 is 1.06 bits per heavy atom. The maximum absolute atomic E-state index is 13.2. The monoisotopic (exact) mass is 464 g/mol. The molecule has 0 fully saturated rings. The molecular formula is C24H25ClN6O2. The van der Waals surface area contributed by atoms with Crippen molar-refractivity contribution >= 4 is 46.2 Å². The van der Waals surface area contributed by atoms with Crippen LogP contribution in [0.5, 0.6) is 5.75 Å². The van der Waals surface area contributed by atoms with Crippen LogP contribution in [-0.4, -0.2) is 38.2 Å². The molecule has 2 aromatic heterocycles. The van der Waals surface area contributed by atoms with Gasteiger partial charge in [-0.05, 0) is 68.8 Å². The average molecular weight is 465 g/mol. The lowest BCUT2D eigenvalue weighted by molar-refractivity contribution is 0.200. The lowest BCUT2D eigenvalue weighted by atomic mass is 10.1. The Morgan fingerprint density at radius 2 is 1.79 bits per heavy atom. The zero-order valence-electron chi connectivity index (χ0n) is 19.2. The number of benzene rings is 2. The highest BCUT2D eigenvalue weighted by atomic mass is 35.5. The molecule has 4 rings (SSSR count). The Labute approximate surface area is 197 Å². The number of hydrogen-bond donors (Lipinski definition) is 0. The van der Waals surface area contributed by atoms with Gasteiger partial charge >= 0.3 is 6.09 Å². The highest BCUT2D eigenvalue weighted by Gasteiger charge is 2.33. The smallest absolute Gasteiger partial charge is 0.410 e. The van der Waals surface area contributed by atoms with E-state index >= 15 is 0 Å². The van der Waals surface area contributed by atoms with Gasteiger partial charge in [-0.15, -0.1) is 0 Å². The van der Waals surface area contributed by atoms with Crippen LogP contribution >= 0.6 is 11.6 Å². The first-order valence-electron chi connectivity index (χ1n) is 10.4. The molecule has 0 N–H and O–H groups in total. The van der Waals surface area contributed by atoms with Gasteiger partial charge in [0.15, 0.2) is 0 Å². The van der Waals surface area contributed by atoms with Crippen LogP contribution in [0, 0.1) is 0 Å². The number of nitrogens with zero attached hydrogens (tertiary/aromatic N) is 6. The van der Waals surface area contributed by atoms with Gasteiger partial charge in [0.05, 0.1) is 11.0 Å². The van der Waals surface area contributed by atoms with Gasteiger partial charge in [-0.3, -0.25) is 0 Å². The molecule has 0 radical (unpaired) electrons. The normalized spacial score (nSPS) is 11.5. The second-order valence-corrected chi connectivity index (χ2v) is 8.91. The Balaban J connectivity index is 1.72. The lowest BCUT2D eigenvalue weighted by Gasteiger charge is -2.33. The molecule has 2 aromatic carbocycles. The minimum Gasteiger partial charge on any atom is -0.410 e. The van der Waals surface area contributed by atoms with E-state index in [4.69, 9.17) is 21.3 Å². The first kappa shape index (κ1) is 22.5. The van der Waals surface area contributed by atoms with Crippen LogP contribution in [0.25, 0.3) is 11.0 Å². The Bertz CT molecular complexity index is 1300. The first-order chi connectivity index (χ1) is 15.6. The number of rotatable bonds is 4. The molecule has 8 nitrogen and oxygen atoms in total. The highest BCUT2D eigenvalue weighted by molar-refractivity contribution is 6.28. The molecule has 1 amide bonds. The summed E-state index contributed by atoms with van der Waals surface area (Å²) >= 11 is 5.95. The van der Waals surface area contributed by atoms with Crippen molar-refractivity contribution in [3.8, 4) is 5.75 Å². The van der Waals surface area contributed by atoms with Crippen molar-refractivity contribution in [3.63, 3.8) is 0 Å². The van der Waals surface area contributed by atoms with Crippen LogP contribution in [0.2, 0.25) is 5.28 Å². The van der Waals surface area contributed by atoms with Crippen molar-refractivity contribution in [2.24, 2.45) is 7.05 Å². The Morgan fingerprint density at radius 3 is 2.45 bits per heavy atom. The van der Waals surface area contributed by atoms with Crippen LogP contribution in [0.1, 0.15) is 20.8 Å². The van der Waals surface area contributed by atoms with Crippen molar-refractivity contribution in [1.29, 1.82) is 0 Å². The van der Waals surface area contributed by atoms with Crippen molar-refractivity contribution in [1.82, 2.24) is 19.5 Å². The molecule has 0 unspecified atom stereocenters. The van der Waals surface area contributed by atoms with E-state index in [1.807, 2.05) is 80.7 Å². The third kappa shape index (κ3) is 4.61. The fourth-order valence-corrected chi connectivity index (χ4v) is 3.66. The zero-order chi connectivity index (χ0) is 23.8. The van der Waals surface area contributed by atoms with Gasteiger partial charge in [0.2, 0.25) is 11.2 Å². The van der Waals surface area contributed by atoms with Crippen LogP contribution in [0.15, 0.2) is 60.8 Å². The topological polar surface area (TPSA) is 76.4 Å². The average Bonchev–Trinajstić information content (AvgIpc) is 3.08. The van der Waals surface area contributed by atoms with E-state index in [1.54, 1.807) is 29.3 Å². The van der Waals surface area contributed by atoms with E-state index in [1.165, 1.54) is 0 Å². The second-order valence-electron chi connectivity index (χ2n) is 8.57. The number of amides is 1. The van der Waals surface area contributed by atoms with E-state index in [0.717, 1.165) is 16.7 Å². The molecule has 0 saturated heterocycles. The number of hydrogen-bond acceptors (Lipinski definition) is 6. The summed E-state index contributed by atoms with van der Waals surface area (Å²) in [5, 5.41) is 0.179. The van der Waals surface area contributed by atoms with Gasteiger partial charge in [0.25, 0.3) is 0 Å². The third-order valence-corrected chi connectivity index (χ3v) is 5.37. The molecule has 0 bridgehead atoms. The molecule has 33 heavy (non-hydrogen) atoms. The first-order valence-corrected chi connectivity index (χ1v) is 10.8. The lowest BCUT2D eigenvalue weighted by Crippen LogP contribution is -2.48. The van der Waals surface area contributed by atoms with Gasteiger partial charge in [0, 0.05) is 31.5 Å². The van der Waals surface area contributed by atoms with Gasteiger partial charge in [-0.1, -0.05) is 18.2 Å².